The third-order valence-electron chi connectivity index (χ3n) is 1.35. The van der Waals surface area contributed by atoms with Crippen LogP contribution in [-0.4, -0.2) is 11.5 Å². The topological polar surface area (TPSA) is 12.0 Å². The maximum absolute atomic E-state index is 5.08. The summed E-state index contributed by atoms with van der Waals surface area (Å²) in [4.78, 5) is 0.994. The average Bonchev–Trinajstić information content (AvgIpc) is 1.88. The Morgan fingerprint density at radius 2 is 2.10 bits per heavy atom. The molecule has 0 aromatic heterocycles. The van der Waals surface area contributed by atoms with E-state index in [1.807, 2.05) is 0 Å². The molecule has 0 aliphatic heterocycles. The smallest absolute Gasteiger partial charge is 0.0779 e. The number of nitrogens with one attached hydrogen (secondary N) is 1. The highest BCUT2D eigenvalue weighted by Gasteiger charge is 1.98. The van der Waals surface area contributed by atoms with Crippen LogP contribution in [0.25, 0.3) is 0 Å². The number of hydrogen-bond donors (Lipinski definition) is 1. The fraction of sp³-hybridized carbons (Fsp3) is 0.875. The predicted octanol–water partition coefficient (Wildman–Crippen LogP) is 2.36. The van der Waals surface area contributed by atoms with Gasteiger partial charge in [0.2, 0.25) is 0 Å². The average molecular weight is 159 g/mol. The van der Waals surface area contributed by atoms with Crippen molar-refractivity contribution in [3.05, 3.63) is 0 Å². The molecule has 0 aliphatic rings. The van der Waals surface area contributed by atoms with E-state index in [2.05, 4.69) is 26.1 Å². The van der Waals surface area contributed by atoms with Gasteiger partial charge in [-0.05, 0) is 6.42 Å². The van der Waals surface area contributed by atoms with Gasteiger partial charge in [-0.15, -0.1) is 0 Å². The molecule has 0 radical (unpaired) electrons. The van der Waals surface area contributed by atoms with Crippen LogP contribution in [0.5, 0.6) is 0 Å². The minimum absolute atomic E-state index is 0.492. The summed E-state index contributed by atoms with van der Waals surface area (Å²) in [5.41, 5.74) is 0. The highest BCUT2D eigenvalue weighted by atomic mass is 32.1. The van der Waals surface area contributed by atoms with Crippen molar-refractivity contribution in [3.8, 4) is 0 Å². The molecule has 0 amide bonds. The van der Waals surface area contributed by atoms with Gasteiger partial charge in [0.25, 0.3) is 0 Å². The van der Waals surface area contributed by atoms with Gasteiger partial charge in [-0.3, -0.25) is 0 Å². The van der Waals surface area contributed by atoms with Gasteiger partial charge in [0, 0.05) is 12.5 Å². The zero-order valence-corrected chi connectivity index (χ0v) is 7.92. The molecule has 0 heterocycles. The molecule has 0 atom stereocenters. The summed E-state index contributed by atoms with van der Waals surface area (Å²) in [5, 5.41) is 3.21. The summed E-state index contributed by atoms with van der Waals surface area (Å²) in [5.74, 6) is 0.492. The number of thiocarbonyl (C=S) groups is 1. The molecule has 2 heteroatoms. The summed E-state index contributed by atoms with van der Waals surface area (Å²) in [6.07, 6.45) is 2.45. The Kier molecular flexibility index (Phi) is 5.60. The zero-order valence-electron chi connectivity index (χ0n) is 7.11. The fourth-order valence-electron chi connectivity index (χ4n) is 0.592. The van der Waals surface area contributed by atoms with Crippen molar-refractivity contribution in [1.82, 2.24) is 5.32 Å². The molecule has 0 aliphatic carbocycles. The molecule has 0 aromatic rings. The molecule has 60 valence electrons. The fourth-order valence-corrected chi connectivity index (χ4v) is 0.695. The highest BCUT2D eigenvalue weighted by Crippen LogP contribution is 1.93. The highest BCUT2D eigenvalue weighted by molar-refractivity contribution is 7.80. The Morgan fingerprint density at radius 1 is 1.50 bits per heavy atom. The first-order valence-corrected chi connectivity index (χ1v) is 4.37. The van der Waals surface area contributed by atoms with Crippen LogP contribution in [0.1, 0.15) is 33.6 Å². The first-order valence-electron chi connectivity index (χ1n) is 3.96. The maximum atomic E-state index is 5.08. The van der Waals surface area contributed by atoms with Crippen molar-refractivity contribution in [3.63, 3.8) is 0 Å². The Morgan fingerprint density at radius 3 is 2.50 bits per heavy atom. The van der Waals surface area contributed by atoms with Crippen LogP contribution in [0.4, 0.5) is 0 Å². The number of rotatable bonds is 4. The summed E-state index contributed by atoms with van der Waals surface area (Å²) in [6, 6.07) is 0. The summed E-state index contributed by atoms with van der Waals surface area (Å²) >= 11 is 5.08. The van der Waals surface area contributed by atoms with Gasteiger partial charge in [0.15, 0.2) is 0 Å². The molecule has 0 bridgehead atoms. The first-order chi connectivity index (χ1) is 4.68. The van der Waals surface area contributed by atoms with Crippen molar-refractivity contribution in [1.29, 1.82) is 0 Å². The Bertz CT molecular complexity index is 99.4. The van der Waals surface area contributed by atoms with Crippen molar-refractivity contribution < 1.29 is 0 Å². The van der Waals surface area contributed by atoms with Crippen LogP contribution < -0.4 is 5.32 Å². The van der Waals surface area contributed by atoms with E-state index in [0.29, 0.717) is 5.92 Å². The first kappa shape index (κ1) is 9.89. The van der Waals surface area contributed by atoms with Gasteiger partial charge < -0.3 is 5.32 Å². The van der Waals surface area contributed by atoms with E-state index in [1.165, 1.54) is 12.8 Å². The summed E-state index contributed by atoms with van der Waals surface area (Å²) in [7, 11) is 0. The van der Waals surface area contributed by atoms with E-state index < -0.39 is 0 Å². The molecule has 0 unspecified atom stereocenters. The van der Waals surface area contributed by atoms with E-state index in [9.17, 15) is 0 Å². The maximum Gasteiger partial charge on any atom is 0.0779 e. The van der Waals surface area contributed by atoms with Crippen LogP contribution in [-0.2, 0) is 0 Å². The summed E-state index contributed by atoms with van der Waals surface area (Å²) in [6.45, 7) is 7.44. The van der Waals surface area contributed by atoms with Crippen molar-refractivity contribution in [2.45, 2.75) is 33.6 Å². The minimum atomic E-state index is 0.492. The van der Waals surface area contributed by atoms with E-state index in [4.69, 9.17) is 12.2 Å². The third kappa shape index (κ3) is 4.74. The number of unbranched alkanes of at least 4 members (excludes halogenated alkanes) is 1. The quantitative estimate of drug-likeness (QED) is 0.499. The van der Waals surface area contributed by atoms with Crippen molar-refractivity contribution in [2.75, 3.05) is 6.54 Å². The summed E-state index contributed by atoms with van der Waals surface area (Å²) < 4.78 is 0. The third-order valence-corrected chi connectivity index (χ3v) is 1.97. The molecule has 1 N–H and O–H groups in total. The molecule has 1 nitrogen and oxygen atoms in total. The van der Waals surface area contributed by atoms with Gasteiger partial charge in [0.1, 0.15) is 0 Å². The van der Waals surface area contributed by atoms with Crippen LogP contribution in [0.3, 0.4) is 0 Å². The molecule has 0 rings (SSSR count). The lowest BCUT2D eigenvalue weighted by atomic mass is 10.2. The lowest BCUT2D eigenvalue weighted by Crippen LogP contribution is -2.26. The van der Waals surface area contributed by atoms with Gasteiger partial charge in [-0.25, -0.2) is 0 Å². The van der Waals surface area contributed by atoms with Gasteiger partial charge in [-0.1, -0.05) is 39.4 Å². The van der Waals surface area contributed by atoms with Crippen LogP contribution in [0.15, 0.2) is 0 Å². The minimum Gasteiger partial charge on any atom is -0.379 e. The van der Waals surface area contributed by atoms with Gasteiger partial charge >= 0.3 is 0 Å². The Labute approximate surface area is 69.2 Å². The largest absolute Gasteiger partial charge is 0.379 e. The van der Waals surface area contributed by atoms with E-state index in [-0.39, 0.29) is 0 Å². The second kappa shape index (κ2) is 5.66. The van der Waals surface area contributed by atoms with Crippen molar-refractivity contribution >= 4 is 17.2 Å². The molecule has 0 aromatic carbocycles. The second-order valence-corrected chi connectivity index (χ2v) is 3.24. The zero-order chi connectivity index (χ0) is 7.98. The van der Waals surface area contributed by atoms with Crippen LogP contribution >= 0.6 is 12.2 Å². The molecule has 0 saturated carbocycles. The predicted molar refractivity (Wildman–Crippen MR) is 50.3 cm³/mol. The van der Waals surface area contributed by atoms with Crippen LogP contribution in [0.2, 0.25) is 0 Å². The standard InChI is InChI=1S/C8H17NS/c1-4-5-6-9-8(10)7(2)3/h7H,4-6H2,1-3H3,(H,9,10). The lowest BCUT2D eigenvalue weighted by Gasteiger charge is -2.09. The lowest BCUT2D eigenvalue weighted by molar-refractivity contribution is 0.731. The molecule has 0 saturated heterocycles. The molecule has 0 spiro atoms. The molecule has 10 heavy (non-hydrogen) atoms. The van der Waals surface area contributed by atoms with Gasteiger partial charge in [0.05, 0.1) is 4.99 Å². The van der Waals surface area contributed by atoms with Gasteiger partial charge in [-0.2, -0.15) is 0 Å². The van der Waals surface area contributed by atoms with E-state index in [0.717, 1.165) is 11.5 Å². The van der Waals surface area contributed by atoms with E-state index >= 15 is 0 Å². The Hall–Kier alpha value is -0.110. The monoisotopic (exact) mass is 159 g/mol. The normalized spacial score (nSPS) is 10.0. The number of hydrogen-bond acceptors (Lipinski definition) is 1. The van der Waals surface area contributed by atoms with Crippen molar-refractivity contribution in [2.24, 2.45) is 5.92 Å². The second-order valence-electron chi connectivity index (χ2n) is 2.80. The molecule has 0 fully saturated rings. The van der Waals surface area contributed by atoms with Crippen LogP contribution in [0, 0.1) is 5.92 Å². The Balaban J connectivity index is 3.22. The van der Waals surface area contributed by atoms with E-state index in [1.54, 1.807) is 0 Å². The molecular weight excluding hydrogens is 142 g/mol. The molecular formula is C8H17NS. The SMILES string of the molecule is CCCCNC(=S)C(C)C.